The van der Waals surface area contributed by atoms with E-state index in [1.165, 1.54) is 0 Å². The summed E-state index contributed by atoms with van der Waals surface area (Å²) in [6.07, 6.45) is 3.86. The molecule has 0 fully saturated rings. The second-order valence-corrected chi connectivity index (χ2v) is 3.71. The van der Waals surface area contributed by atoms with Gasteiger partial charge in [0.25, 0.3) is 0 Å². The Balaban J connectivity index is 2.33. The summed E-state index contributed by atoms with van der Waals surface area (Å²) < 4.78 is 10.1. The van der Waals surface area contributed by atoms with Crippen LogP contribution in [0.2, 0.25) is 0 Å². The van der Waals surface area contributed by atoms with Gasteiger partial charge in [0.2, 0.25) is 11.7 Å². The first-order valence-electron chi connectivity index (χ1n) is 4.79. The average molecular weight is 207 g/mol. The molecule has 2 heterocycles. The van der Waals surface area contributed by atoms with Gasteiger partial charge < -0.3 is 14.7 Å². The molecule has 2 N–H and O–H groups in total. The number of rotatable bonds is 3. The largest absolute Gasteiger partial charge is 0.472 e. The highest BCUT2D eigenvalue weighted by molar-refractivity contribution is 5.51. The molecular formula is C10H13N3O2. The summed E-state index contributed by atoms with van der Waals surface area (Å²) in [5.74, 6) is 0.949. The van der Waals surface area contributed by atoms with Gasteiger partial charge in [0.15, 0.2) is 0 Å². The number of nitrogens with two attached hydrogens (primary N) is 1. The second-order valence-electron chi connectivity index (χ2n) is 3.71. The molecule has 0 aliphatic heterocycles. The molecule has 2 rings (SSSR count). The van der Waals surface area contributed by atoms with Gasteiger partial charge in [0.1, 0.15) is 6.26 Å². The molecule has 0 radical (unpaired) electrons. The summed E-state index contributed by atoms with van der Waals surface area (Å²) in [6.45, 7) is 3.83. The third-order valence-electron chi connectivity index (χ3n) is 2.43. The molecule has 5 heteroatoms. The zero-order chi connectivity index (χ0) is 10.9. The molecule has 0 aromatic carbocycles. The maximum absolute atomic E-state index is 5.98. The van der Waals surface area contributed by atoms with E-state index < -0.39 is 5.54 Å². The Labute approximate surface area is 87.3 Å². The van der Waals surface area contributed by atoms with Crippen molar-refractivity contribution in [2.75, 3.05) is 0 Å². The predicted molar refractivity (Wildman–Crippen MR) is 53.8 cm³/mol. The van der Waals surface area contributed by atoms with Crippen LogP contribution in [0.25, 0.3) is 11.4 Å². The molecule has 1 unspecified atom stereocenters. The number of hydrogen-bond acceptors (Lipinski definition) is 5. The van der Waals surface area contributed by atoms with E-state index in [0.29, 0.717) is 11.7 Å². The summed E-state index contributed by atoms with van der Waals surface area (Å²) in [7, 11) is 0. The highest BCUT2D eigenvalue weighted by atomic mass is 16.5. The fraction of sp³-hybridized carbons (Fsp3) is 0.400. The fourth-order valence-corrected chi connectivity index (χ4v) is 1.12. The van der Waals surface area contributed by atoms with Gasteiger partial charge in [-0.2, -0.15) is 4.98 Å². The lowest BCUT2D eigenvalue weighted by Crippen LogP contribution is -2.32. The summed E-state index contributed by atoms with van der Waals surface area (Å²) in [4.78, 5) is 4.23. The van der Waals surface area contributed by atoms with E-state index in [0.717, 1.165) is 12.0 Å². The maximum atomic E-state index is 5.98. The monoisotopic (exact) mass is 207 g/mol. The molecule has 0 bridgehead atoms. The van der Waals surface area contributed by atoms with Crippen molar-refractivity contribution in [2.24, 2.45) is 5.73 Å². The molecule has 5 nitrogen and oxygen atoms in total. The van der Waals surface area contributed by atoms with Crippen molar-refractivity contribution in [1.29, 1.82) is 0 Å². The number of furan rings is 1. The van der Waals surface area contributed by atoms with Crippen LogP contribution in [0.4, 0.5) is 0 Å². The van der Waals surface area contributed by atoms with Gasteiger partial charge in [-0.15, -0.1) is 0 Å². The topological polar surface area (TPSA) is 78.1 Å². The Morgan fingerprint density at radius 1 is 1.53 bits per heavy atom. The lowest BCUT2D eigenvalue weighted by molar-refractivity contribution is 0.291. The smallest absolute Gasteiger partial charge is 0.246 e. The van der Waals surface area contributed by atoms with E-state index in [2.05, 4.69) is 10.1 Å². The van der Waals surface area contributed by atoms with Crippen LogP contribution < -0.4 is 5.73 Å². The second kappa shape index (κ2) is 3.51. The third kappa shape index (κ3) is 1.78. The fourth-order valence-electron chi connectivity index (χ4n) is 1.12. The van der Waals surface area contributed by atoms with Gasteiger partial charge in [0, 0.05) is 0 Å². The first kappa shape index (κ1) is 9.92. The Morgan fingerprint density at radius 3 is 2.93 bits per heavy atom. The zero-order valence-electron chi connectivity index (χ0n) is 8.73. The number of aromatic nitrogens is 2. The first-order chi connectivity index (χ1) is 7.13. The Hall–Kier alpha value is -1.62. The predicted octanol–water partition coefficient (Wildman–Crippen LogP) is 1.91. The van der Waals surface area contributed by atoms with Crippen LogP contribution in [-0.4, -0.2) is 10.1 Å². The first-order valence-corrected chi connectivity index (χ1v) is 4.79. The quantitative estimate of drug-likeness (QED) is 0.831. The van der Waals surface area contributed by atoms with Crippen LogP contribution in [0, 0.1) is 0 Å². The number of hydrogen-bond donors (Lipinski definition) is 1. The van der Waals surface area contributed by atoms with Crippen molar-refractivity contribution < 1.29 is 8.94 Å². The third-order valence-corrected chi connectivity index (χ3v) is 2.43. The van der Waals surface area contributed by atoms with E-state index >= 15 is 0 Å². The Bertz CT molecular complexity index is 431. The van der Waals surface area contributed by atoms with E-state index in [1.807, 2.05) is 13.8 Å². The average Bonchev–Trinajstić information content (AvgIpc) is 2.88. The minimum atomic E-state index is -0.574. The number of nitrogens with zero attached hydrogens (tertiary/aromatic N) is 2. The van der Waals surface area contributed by atoms with E-state index in [9.17, 15) is 0 Å². The zero-order valence-corrected chi connectivity index (χ0v) is 8.73. The Kier molecular flexibility index (Phi) is 2.32. The van der Waals surface area contributed by atoms with Crippen molar-refractivity contribution in [3.63, 3.8) is 0 Å². The highest BCUT2D eigenvalue weighted by Gasteiger charge is 2.26. The van der Waals surface area contributed by atoms with Gasteiger partial charge in [-0.1, -0.05) is 12.1 Å². The van der Waals surface area contributed by atoms with Crippen LogP contribution in [0.1, 0.15) is 26.2 Å². The summed E-state index contributed by atoms with van der Waals surface area (Å²) in [5, 5.41) is 3.85. The van der Waals surface area contributed by atoms with Gasteiger partial charge in [-0.25, -0.2) is 0 Å². The molecule has 80 valence electrons. The Morgan fingerprint density at radius 2 is 2.33 bits per heavy atom. The van der Waals surface area contributed by atoms with Crippen LogP contribution in [-0.2, 0) is 5.54 Å². The van der Waals surface area contributed by atoms with Crippen molar-refractivity contribution in [3.8, 4) is 11.4 Å². The molecule has 0 aliphatic carbocycles. The van der Waals surface area contributed by atoms with Crippen molar-refractivity contribution in [3.05, 3.63) is 24.5 Å². The minimum Gasteiger partial charge on any atom is -0.472 e. The molecule has 2 aromatic rings. The van der Waals surface area contributed by atoms with Crippen LogP contribution >= 0.6 is 0 Å². The van der Waals surface area contributed by atoms with Crippen LogP contribution in [0.3, 0.4) is 0 Å². The SMILES string of the molecule is CCC(C)(N)c1nc(-c2ccoc2)no1. The van der Waals surface area contributed by atoms with Crippen LogP contribution in [0.5, 0.6) is 0 Å². The lowest BCUT2D eigenvalue weighted by Gasteiger charge is -2.16. The molecule has 15 heavy (non-hydrogen) atoms. The standard InChI is InChI=1S/C10H13N3O2/c1-3-10(2,11)9-12-8(13-15-9)7-4-5-14-6-7/h4-6H,3,11H2,1-2H3. The van der Waals surface area contributed by atoms with E-state index in [4.69, 9.17) is 14.7 Å². The molecular weight excluding hydrogens is 194 g/mol. The van der Waals surface area contributed by atoms with Gasteiger partial charge in [-0.05, 0) is 19.4 Å². The minimum absolute atomic E-state index is 0.446. The van der Waals surface area contributed by atoms with Crippen molar-refractivity contribution in [1.82, 2.24) is 10.1 Å². The summed E-state index contributed by atoms with van der Waals surface area (Å²) >= 11 is 0. The van der Waals surface area contributed by atoms with Gasteiger partial charge in [-0.3, -0.25) is 0 Å². The van der Waals surface area contributed by atoms with Gasteiger partial charge >= 0.3 is 0 Å². The molecule has 0 aliphatic rings. The van der Waals surface area contributed by atoms with Crippen molar-refractivity contribution >= 4 is 0 Å². The van der Waals surface area contributed by atoms with E-state index in [-0.39, 0.29) is 0 Å². The van der Waals surface area contributed by atoms with Crippen molar-refractivity contribution in [2.45, 2.75) is 25.8 Å². The normalized spacial score (nSPS) is 15.1. The van der Waals surface area contributed by atoms with Gasteiger partial charge in [0.05, 0.1) is 17.4 Å². The molecule has 0 amide bonds. The maximum Gasteiger partial charge on any atom is 0.246 e. The molecule has 1 atom stereocenters. The molecule has 0 saturated carbocycles. The molecule has 0 saturated heterocycles. The van der Waals surface area contributed by atoms with E-state index in [1.54, 1.807) is 18.6 Å². The molecule has 0 spiro atoms. The summed E-state index contributed by atoms with van der Waals surface area (Å²) in [6, 6.07) is 1.77. The highest BCUT2D eigenvalue weighted by Crippen LogP contribution is 2.23. The molecule has 2 aromatic heterocycles. The van der Waals surface area contributed by atoms with Crippen LogP contribution in [0.15, 0.2) is 27.5 Å². The summed E-state index contributed by atoms with van der Waals surface area (Å²) in [5.41, 5.74) is 6.20. The lowest BCUT2D eigenvalue weighted by atomic mass is 10.0.